The molecule has 1 N–H and O–H groups in total. The summed E-state index contributed by atoms with van der Waals surface area (Å²) in [7, 11) is 0. The van der Waals surface area contributed by atoms with Crippen molar-refractivity contribution in [3.8, 4) is 0 Å². The summed E-state index contributed by atoms with van der Waals surface area (Å²) in [6.45, 7) is 0. The lowest BCUT2D eigenvalue weighted by Gasteiger charge is -2.13. The molecule has 1 unspecified atom stereocenters. The quantitative estimate of drug-likeness (QED) is 0.661. The summed E-state index contributed by atoms with van der Waals surface area (Å²) >= 11 is 6.91. The molecule has 21 heavy (non-hydrogen) atoms. The fourth-order valence-corrected chi connectivity index (χ4v) is 3.61. The van der Waals surface area contributed by atoms with E-state index < -0.39 is 6.10 Å². The van der Waals surface area contributed by atoms with Gasteiger partial charge in [0.05, 0.1) is 11.6 Å². The summed E-state index contributed by atoms with van der Waals surface area (Å²) in [6.07, 6.45) is -0.0911. The molecule has 3 aromatic rings. The van der Waals surface area contributed by atoms with Gasteiger partial charge in [-0.1, -0.05) is 62.2 Å². The largest absolute Gasteiger partial charge is 0.388 e. The van der Waals surface area contributed by atoms with Crippen LogP contribution in [0.4, 0.5) is 0 Å². The summed E-state index contributed by atoms with van der Waals surface area (Å²) in [5.41, 5.74) is 2.71. The van der Waals surface area contributed by atoms with E-state index in [0.29, 0.717) is 6.42 Å². The van der Waals surface area contributed by atoms with E-state index in [2.05, 4.69) is 36.8 Å². The van der Waals surface area contributed by atoms with Crippen molar-refractivity contribution in [1.29, 1.82) is 0 Å². The van der Waals surface area contributed by atoms with Gasteiger partial charge in [-0.15, -0.1) is 0 Å². The molecular weight excluding hydrogens is 394 g/mol. The van der Waals surface area contributed by atoms with Gasteiger partial charge < -0.3 is 5.11 Å². The first-order chi connectivity index (χ1) is 10.1. The van der Waals surface area contributed by atoms with E-state index >= 15 is 0 Å². The van der Waals surface area contributed by atoms with Crippen LogP contribution in [0.25, 0.3) is 10.9 Å². The van der Waals surface area contributed by atoms with Crippen molar-refractivity contribution in [3.05, 3.63) is 74.8 Å². The Morgan fingerprint density at radius 1 is 1.00 bits per heavy atom. The topological polar surface area (TPSA) is 33.1 Å². The lowest BCUT2D eigenvalue weighted by atomic mass is 10.0. The SMILES string of the molecule is OC(Cc1ccc2ccccc2n1)c1ccc(Br)cc1Br. The maximum Gasteiger partial charge on any atom is 0.0856 e. The normalized spacial score (nSPS) is 12.5. The van der Waals surface area contributed by atoms with Gasteiger partial charge in [-0.2, -0.15) is 0 Å². The van der Waals surface area contributed by atoms with Gasteiger partial charge >= 0.3 is 0 Å². The molecular formula is C17H13Br2NO. The maximum absolute atomic E-state index is 10.4. The predicted molar refractivity (Wildman–Crippen MR) is 92.2 cm³/mol. The Hall–Kier alpha value is -1.23. The number of pyridine rings is 1. The van der Waals surface area contributed by atoms with E-state index in [9.17, 15) is 5.11 Å². The zero-order valence-corrected chi connectivity index (χ0v) is 14.3. The average molecular weight is 407 g/mol. The number of nitrogens with zero attached hydrogens (tertiary/aromatic N) is 1. The highest BCUT2D eigenvalue weighted by molar-refractivity contribution is 9.11. The first-order valence-corrected chi connectivity index (χ1v) is 8.20. The molecule has 4 heteroatoms. The standard InChI is InChI=1S/C17H13Br2NO/c18-12-6-8-14(15(19)9-12)17(21)10-13-7-5-11-3-1-2-4-16(11)20-13/h1-9,17,21H,10H2. The van der Waals surface area contributed by atoms with Crippen LogP contribution in [0, 0.1) is 0 Å². The third kappa shape index (κ3) is 3.34. The number of hydrogen-bond acceptors (Lipinski definition) is 2. The van der Waals surface area contributed by atoms with Gasteiger partial charge in [-0.25, -0.2) is 0 Å². The number of aliphatic hydroxyl groups excluding tert-OH is 1. The number of aliphatic hydroxyl groups is 1. The zero-order valence-electron chi connectivity index (χ0n) is 11.1. The van der Waals surface area contributed by atoms with Crippen LogP contribution in [0.2, 0.25) is 0 Å². The molecule has 0 saturated carbocycles. The molecule has 0 aliphatic heterocycles. The lowest BCUT2D eigenvalue weighted by Crippen LogP contribution is -2.04. The highest BCUT2D eigenvalue weighted by atomic mass is 79.9. The molecule has 0 spiro atoms. The molecule has 106 valence electrons. The second kappa shape index (κ2) is 6.26. The van der Waals surface area contributed by atoms with Crippen molar-refractivity contribution in [2.24, 2.45) is 0 Å². The van der Waals surface area contributed by atoms with Crippen molar-refractivity contribution >= 4 is 42.8 Å². The average Bonchev–Trinajstić information content (AvgIpc) is 2.47. The minimum atomic E-state index is -0.582. The van der Waals surface area contributed by atoms with Gasteiger partial charge in [0, 0.05) is 26.4 Å². The Labute approximate surface area is 140 Å². The molecule has 3 rings (SSSR count). The Kier molecular flexibility index (Phi) is 4.38. The second-order valence-electron chi connectivity index (χ2n) is 4.88. The zero-order chi connectivity index (χ0) is 14.8. The minimum Gasteiger partial charge on any atom is -0.388 e. The van der Waals surface area contributed by atoms with Gasteiger partial charge in [0.15, 0.2) is 0 Å². The highest BCUT2D eigenvalue weighted by Crippen LogP contribution is 2.28. The number of para-hydroxylation sites is 1. The Balaban J connectivity index is 1.87. The van der Waals surface area contributed by atoms with Crippen LogP contribution in [0.5, 0.6) is 0 Å². The molecule has 0 aliphatic carbocycles. The fraction of sp³-hybridized carbons (Fsp3) is 0.118. The van der Waals surface area contributed by atoms with Gasteiger partial charge in [0.2, 0.25) is 0 Å². The molecule has 0 fully saturated rings. The second-order valence-corrected chi connectivity index (χ2v) is 6.65. The van der Waals surface area contributed by atoms with Crippen LogP contribution in [0.15, 0.2) is 63.5 Å². The summed E-state index contributed by atoms with van der Waals surface area (Å²) in [6, 6.07) is 17.8. The monoisotopic (exact) mass is 405 g/mol. The summed E-state index contributed by atoms with van der Waals surface area (Å²) in [5.74, 6) is 0. The third-order valence-electron chi connectivity index (χ3n) is 3.38. The van der Waals surface area contributed by atoms with Gasteiger partial charge in [-0.3, -0.25) is 4.98 Å². The van der Waals surface area contributed by atoms with E-state index in [0.717, 1.165) is 31.1 Å². The number of benzene rings is 2. The van der Waals surface area contributed by atoms with Crippen molar-refractivity contribution in [2.75, 3.05) is 0 Å². The third-order valence-corrected chi connectivity index (χ3v) is 4.56. The summed E-state index contributed by atoms with van der Waals surface area (Å²) < 4.78 is 1.87. The first-order valence-electron chi connectivity index (χ1n) is 6.61. The van der Waals surface area contributed by atoms with Crippen molar-refractivity contribution in [2.45, 2.75) is 12.5 Å². The maximum atomic E-state index is 10.4. The van der Waals surface area contributed by atoms with Crippen LogP contribution in [0.1, 0.15) is 17.4 Å². The molecule has 0 amide bonds. The fourth-order valence-electron chi connectivity index (χ4n) is 2.30. The molecule has 0 bridgehead atoms. The van der Waals surface area contributed by atoms with E-state index in [4.69, 9.17) is 0 Å². The van der Waals surface area contributed by atoms with Gasteiger partial charge in [0.1, 0.15) is 0 Å². The predicted octanol–water partition coefficient (Wildman–Crippen LogP) is 5.04. The van der Waals surface area contributed by atoms with Crippen LogP contribution >= 0.6 is 31.9 Å². The minimum absolute atomic E-state index is 0.491. The molecule has 2 aromatic carbocycles. The van der Waals surface area contributed by atoms with Crippen LogP contribution in [-0.2, 0) is 6.42 Å². The molecule has 1 heterocycles. The highest BCUT2D eigenvalue weighted by Gasteiger charge is 2.13. The number of fused-ring (bicyclic) bond motifs is 1. The van der Waals surface area contributed by atoms with E-state index in [1.54, 1.807) is 0 Å². The lowest BCUT2D eigenvalue weighted by molar-refractivity contribution is 0.176. The number of rotatable bonds is 3. The number of hydrogen-bond donors (Lipinski definition) is 1. The van der Waals surface area contributed by atoms with Crippen LogP contribution in [0.3, 0.4) is 0 Å². The van der Waals surface area contributed by atoms with Crippen molar-refractivity contribution in [3.63, 3.8) is 0 Å². The molecule has 1 atom stereocenters. The molecule has 0 aliphatic rings. The van der Waals surface area contributed by atoms with Crippen molar-refractivity contribution in [1.82, 2.24) is 4.98 Å². The number of halogens is 2. The van der Waals surface area contributed by atoms with Crippen molar-refractivity contribution < 1.29 is 5.11 Å². The van der Waals surface area contributed by atoms with E-state index in [1.165, 1.54) is 0 Å². The first kappa shape index (κ1) is 14.7. The van der Waals surface area contributed by atoms with E-state index in [-0.39, 0.29) is 0 Å². The van der Waals surface area contributed by atoms with Gasteiger partial charge in [0.25, 0.3) is 0 Å². The van der Waals surface area contributed by atoms with Crippen LogP contribution in [-0.4, -0.2) is 10.1 Å². The van der Waals surface area contributed by atoms with Gasteiger partial charge in [-0.05, 0) is 29.8 Å². The summed E-state index contributed by atoms with van der Waals surface area (Å²) in [5, 5.41) is 11.5. The van der Waals surface area contributed by atoms with E-state index in [1.807, 2.05) is 54.6 Å². The Morgan fingerprint density at radius 3 is 2.62 bits per heavy atom. The Bertz CT molecular complexity index is 789. The molecule has 2 nitrogen and oxygen atoms in total. The Morgan fingerprint density at radius 2 is 1.81 bits per heavy atom. The molecule has 0 radical (unpaired) electrons. The molecule has 1 aromatic heterocycles. The van der Waals surface area contributed by atoms with Crippen LogP contribution < -0.4 is 0 Å². The summed E-state index contributed by atoms with van der Waals surface area (Å²) in [4.78, 5) is 4.60. The smallest absolute Gasteiger partial charge is 0.0856 e. The molecule has 0 saturated heterocycles. The number of aromatic nitrogens is 1.